The number of ether oxygens (including phenoxy) is 5. The minimum absolute atomic E-state index is 0.0251. The zero-order valence-electron chi connectivity index (χ0n) is 19.2. The van der Waals surface area contributed by atoms with E-state index in [1.807, 2.05) is 6.92 Å². The van der Waals surface area contributed by atoms with Gasteiger partial charge in [0.15, 0.2) is 0 Å². The standard InChI is InChI=1S/C21H34N2O9/c1-7-21(12-28-6,13-31-19(26)22-8-10-29-17(24)15(2)3)14-32-20(27)23-9-11-30-18(25)16(4)5/h2,4,7-14H2,1,3,5-6H3,(H,22,26)(H,23,27). The fourth-order valence-corrected chi connectivity index (χ4v) is 2.12. The van der Waals surface area contributed by atoms with Gasteiger partial charge >= 0.3 is 24.1 Å². The summed E-state index contributed by atoms with van der Waals surface area (Å²) in [6.45, 7) is 11.9. The molecule has 0 atom stereocenters. The van der Waals surface area contributed by atoms with Crippen LogP contribution in [0.2, 0.25) is 0 Å². The van der Waals surface area contributed by atoms with Gasteiger partial charge in [-0.2, -0.15) is 0 Å². The number of hydrogen-bond donors (Lipinski definition) is 2. The minimum atomic E-state index is -0.762. The largest absolute Gasteiger partial charge is 0.460 e. The van der Waals surface area contributed by atoms with Crippen LogP contribution in [0.3, 0.4) is 0 Å². The Morgan fingerprint density at radius 3 is 1.47 bits per heavy atom. The lowest BCUT2D eigenvalue weighted by molar-refractivity contribution is -0.139. The Balaban J connectivity index is 4.41. The Morgan fingerprint density at radius 2 is 1.16 bits per heavy atom. The van der Waals surface area contributed by atoms with Crippen LogP contribution in [-0.4, -0.2) is 77.4 Å². The molecule has 0 fully saturated rings. The Bertz CT molecular complexity index is 626. The lowest BCUT2D eigenvalue weighted by Crippen LogP contribution is -2.41. The van der Waals surface area contributed by atoms with E-state index < -0.39 is 29.5 Å². The lowest BCUT2D eigenvalue weighted by Gasteiger charge is -2.30. The summed E-state index contributed by atoms with van der Waals surface area (Å²) in [6, 6.07) is 0. The molecule has 2 N–H and O–H groups in total. The van der Waals surface area contributed by atoms with Gasteiger partial charge in [-0.1, -0.05) is 20.1 Å². The number of nitrogens with one attached hydrogen (secondary N) is 2. The number of alkyl carbamates (subject to hydrolysis) is 2. The minimum Gasteiger partial charge on any atom is -0.460 e. The molecule has 0 unspecified atom stereocenters. The molecule has 32 heavy (non-hydrogen) atoms. The highest BCUT2D eigenvalue weighted by Gasteiger charge is 2.32. The number of carbonyl (C=O) groups is 4. The van der Waals surface area contributed by atoms with Crippen molar-refractivity contribution in [3.63, 3.8) is 0 Å². The molecule has 0 spiro atoms. The smallest absolute Gasteiger partial charge is 0.407 e. The van der Waals surface area contributed by atoms with Crippen molar-refractivity contribution in [2.75, 3.05) is 53.2 Å². The Morgan fingerprint density at radius 1 is 0.750 bits per heavy atom. The maximum Gasteiger partial charge on any atom is 0.407 e. The van der Waals surface area contributed by atoms with Crippen LogP contribution >= 0.6 is 0 Å². The molecule has 0 aromatic carbocycles. The van der Waals surface area contributed by atoms with E-state index in [1.54, 1.807) is 0 Å². The monoisotopic (exact) mass is 458 g/mol. The second-order valence-electron chi connectivity index (χ2n) is 7.12. The molecule has 11 nitrogen and oxygen atoms in total. The third-order valence-corrected chi connectivity index (χ3v) is 4.13. The fourth-order valence-electron chi connectivity index (χ4n) is 2.12. The highest BCUT2D eigenvalue weighted by molar-refractivity contribution is 5.87. The zero-order valence-corrected chi connectivity index (χ0v) is 19.2. The van der Waals surface area contributed by atoms with Crippen molar-refractivity contribution in [1.29, 1.82) is 0 Å². The van der Waals surface area contributed by atoms with Crippen molar-refractivity contribution in [3.05, 3.63) is 24.3 Å². The van der Waals surface area contributed by atoms with E-state index >= 15 is 0 Å². The topological polar surface area (TPSA) is 138 Å². The van der Waals surface area contributed by atoms with Crippen LogP contribution in [0.1, 0.15) is 27.2 Å². The molecule has 0 aromatic heterocycles. The van der Waals surface area contributed by atoms with E-state index in [9.17, 15) is 19.2 Å². The number of rotatable bonds is 15. The van der Waals surface area contributed by atoms with Crippen LogP contribution in [0.15, 0.2) is 24.3 Å². The van der Waals surface area contributed by atoms with Crippen LogP contribution in [-0.2, 0) is 33.3 Å². The Kier molecular flexibility index (Phi) is 14.2. The van der Waals surface area contributed by atoms with Crippen LogP contribution in [0.4, 0.5) is 9.59 Å². The number of hydrogen-bond acceptors (Lipinski definition) is 9. The quantitative estimate of drug-likeness (QED) is 0.162. The van der Waals surface area contributed by atoms with E-state index in [2.05, 4.69) is 23.8 Å². The molecule has 182 valence electrons. The predicted octanol–water partition coefficient (Wildman–Crippen LogP) is 1.72. The van der Waals surface area contributed by atoms with Crippen molar-refractivity contribution >= 4 is 24.1 Å². The lowest BCUT2D eigenvalue weighted by atomic mass is 9.88. The van der Waals surface area contributed by atoms with Crippen LogP contribution < -0.4 is 10.6 Å². The summed E-state index contributed by atoms with van der Waals surface area (Å²) in [5.41, 5.74) is -0.240. The molecule has 0 saturated carbocycles. The van der Waals surface area contributed by atoms with E-state index in [0.29, 0.717) is 6.42 Å². The first-order valence-electron chi connectivity index (χ1n) is 10.0. The molecule has 0 aliphatic heterocycles. The number of amides is 2. The van der Waals surface area contributed by atoms with Gasteiger partial charge in [-0.05, 0) is 20.3 Å². The van der Waals surface area contributed by atoms with E-state index in [0.717, 1.165) is 0 Å². The second-order valence-corrected chi connectivity index (χ2v) is 7.12. The summed E-state index contributed by atoms with van der Waals surface area (Å²) < 4.78 is 25.4. The van der Waals surface area contributed by atoms with Gasteiger partial charge in [-0.3, -0.25) is 0 Å². The molecular weight excluding hydrogens is 424 g/mol. The molecule has 0 aliphatic carbocycles. The summed E-state index contributed by atoms with van der Waals surface area (Å²) >= 11 is 0. The van der Waals surface area contributed by atoms with Gasteiger partial charge < -0.3 is 34.3 Å². The summed E-state index contributed by atoms with van der Waals surface area (Å²) in [4.78, 5) is 46.3. The summed E-state index contributed by atoms with van der Waals surface area (Å²) in [5.74, 6) is -1.09. The van der Waals surface area contributed by atoms with Crippen molar-refractivity contribution in [3.8, 4) is 0 Å². The molecule has 0 bridgehead atoms. The summed E-state index contributed by atoms with van der Waals surface area (Å²) in [5, 5.41) is 4.91. The number of methoxy groups -OCH3 is 1. The van der Waals surface area contributed by atoms with E-state index in [-0.39, 0.29) is 57.3 Å². The average molecular weight is 459 g/mol. The molecule has 0 saturated heterocycles. The van der Waals surface area contributed by atoms with Crippen molar-refractivity contribution in [2.45, 2.75) is 27.2 Å². The first-order valence-corrected chi connectivity index (χ1v) is 10.0. The van der Waals surface area contributed by atoms with Gasteiger partial charge in [0.2, 0.25) is 0 Å². The van der Waals surface area contributed by atoms with E-state index in [1.165, 1.54) is 21.0 Å². The van der Waals surface area contributed by atoms with Gasteiger partial charge in [0.05, 0.1) is 25.1 Å². The maximum atomic E-state index is 11.9. The third-order valence-electron chi connectivity index (χ3n) is 4.13. The first kappa shape index (κ1) is 28.9. The molecule has 0 aliphatic rings. The second kappa shape index (κ2) is 15.7. The highest BCUT2D eigenvalue weighted by atomic mass is 16.6. The molecule has 2 amide bonds. The molecule has 11 heteroatoms. The van der Waals surface area contributed by atoms with Crippen LogP contribution in [0.25, 0.3) is 0 Å². The van der Waals surface area contributed by atoms with Gasteiger partial charge in [-0.15, -0.1) is 0 Å². The van der Waals surface area contributed by atoms with Gasteiger partial charge in [0, 0.05) is 18.3 Å². The Hall–Kier alpha value is -3.08. The predicted molar refractivity (Wildman–Crippen MR) is 115 cm³/mol. The summed E-state index contributed by atoms with van der Waals surface area (Å²) in [6.07, 6.45) is -0.934. The highest BCUT2D eigenvalue weighted by Crippen LogP contribution is 2.24. The van der Waals surface area contributed by atoms with Crippen molar-refractivity contribution in [2.24, 2.45) is 5.41 Å². The summed E-state index contributed by atoms with van der Waals surface area (Å²) in [7, 11) is 1.48. The number of esters is 2. The van der Waals surface area contributed by atoms with Crippen molar-refractivity contribution in [1.82, 2.24) is 10.6 Å². The molecule has 0 heterocycles. The van der Waals surface area contributed by atoms with Gasteiger partial charge in [-0.25, -0.2) is 19.2 Å². The maximum absolute atomic E-state index is 11.9. The van der Waals surface area contributed by atoms with E-state index in [4.69, 9.17) is 23.7 Å². The normalized spacial score (nSPS) is 10.5. The van der Waals surface area contributed by atoms with Crippen LogP contribution in [0, 0.1) is 5.41 Å². The average Bonchev–Trinajstić information content (AvgIpc) is 2.75. The first-order chi connectivity index (χ1) is 15.1. The fraction of sp³-hybridized carbons (Fsp3) is 0.619. The Labute approximate surface area is 188 Å². The molecule has 0 radical (unpaired) electrons. The molecular formula is C21H34N2O9. The van der Waals surface area contributed by atoms with Gasteiger partial charge in [0.25, 0.3) is 0 Å². The molecule has 0 aromatic rings. The number of carbonyl (C=O) groups excluding carboxylic acids is 4. The van der Waals surface area contributed by atoms with Crippen LogP contribution in [0.5, 0.6) is 0 Å². The zero-order chi connectivity index (χ0) is 24.6. The molecule has 0 rings (SSSR count). The van der Waals surface area contributed by atoms with Crippen molar-refractivity contribution < 1.29 is 42.9 Å². The van der Waals surface area contributed by atoms with Gasteiger partial charge in [0.1, 0.15) is 26.4 Å². The SMILES string of the molecule is C=C(C)C(=O)OCCNC(=O)OCC(CC)(COC)COC(=O)NCCOC(=O)C(=C)C. The third kappa shape index (κ3) is 12.6.